The van der Waals surface area contributed by atoms with E-state index in [0.29, 0.717) is 5.92 Å². The van der Waals surface area contributed by atoms with Gasteiger partial charge >= 0.3 is 0 Å². The zero-order valence-electron chi connectivity index (χ0n) is 10.5. The van der Waals surface area contributed by atoms with Crippen molar-refractivity contribution in [3.63, 3.8) is 0 Å². The van der Waals surface area contributed by atoms with E-state index in [-0.39, 0.29) is 0 Å². The Bertz CT molecular complexity index is 370. The summed E-state index contributed by atoms with van der Waals surface area (Å²) in [5.74, 6) is 2.61. The largest absolute Gasteiger partial charge is 0.373 e. The Morgan fingerprint density at radius 1 is 1.19 bits per heavy atom. The third kappa shape index (κ3) is 1.91. The highest BCUT2D eigenvalue weighted by molar-refractivity contribution is 5.48. The molecule has 3 heteroatoms. The minimum atomic E-state index is 0.512. The molecule has 1 heterocycles. The van der Waals surface area contributed by atoms with E-state index in [1.54, 1.807) is 0 Å². The Labute approximate surface area is 97.7 Å². The van der Waals surface area contributed by atoms with Crippen LogP contribution >= 0.6 is 0 Å². The lowest BCUT2D eigenvalue weighted by atomic mass is 10.0. The van der Waals surface area contributed by atoms with Crippen LogP contribution in [0.1, 0.15) is 56.1 Å². The van der Waals surface area contributed by atoms with Gasteiger partial charge in [-0.15, -0.1) is 0 Å². The Morgan fingerprint density at radius 2 is 1.94 bits per heavy atom. The van der Waals surface area contributed by atoms with Crippen LogP contribution in [0.3, 0.4) is 0 Å². The topological polar surface area (TPSA) is 37.8 Å². The van der Waals surface area contributed by atoms with Crippen LogP contribution in [-0.4, -0.2) is 17.0 Å². The first-order valence-corrected chi connectivity index (χ1v) is 6.37. The van der Waals surface area contributed by atoms with Gasteiger partial charge in [0.1, 0.15) is 11.6 Å². The van der Waals surface area contributed by atoms with Crippen LogP contribution < -0.4 is 5.32 Å². The monoisotopic (exact) mass is 219 g/mol. The first kappa shape index (κ1) is 11.4. The van der Waals surface area contributed by atoms with Crippen molar-refractivity contribution in [2.24, 2.45) is 0 Å². The summed E-state index contributed by atoms with van der Waals surface area (Å²) in [4.78, 5) is 9.44. The molecule has 1 N–H and O–H groups in total. The summed E-state index contributed by atoms with van der Waals surface area (Å²) in [7, 11) is 1.96. The fourth-order valence-corrected chi connectivity index (χ4v) is 2.49. The van der Waals surface area contributed by atoms with Crippen molar-refractivity contribution in [1.29, 1.82) is 0 Å². The molecule has 0 aliphatic heterocycles. The molecule has 1 aromatic rings. The zero-order chi connectivity index (χ0) is 11.5. The van der Waals surface area contributed by atoms with Gasteiger partial charge in [-0.1, -0.05) is 13.8 Å². The maximum absolute atomic E-state index is 4.75. The molecule has 0 fully saturated rings. The van der Waals surface area contributed by atoms with Gasteiger partial charge in [-0.3, -0.25) is 0 Å². The highest BCUT2D eigenvalue weighted by Gasteiger charge is 2.21. The number of hydrogen-bond acceptors (Lipinski definition) is 3. The van der Waals surface area contributed by atoms with Crippen LogP contribution in [0, 0.1) is 0 Å². The lowest BCUT2D eigenvalue weighted by Crippen LogP contribution is -2.09. The van der Waals surface area contributed by atoms with Crippen molar-refractivity contribution < 1.29 is 0 Å². The third-order valence-electron chi connectivity index (χ3n) is 3.54. The molecular weight excluding hydrogens is 198 g/mol. The predicted molar refractivity (Wildman–Crippen MR) is 66.9 cm³/mol. The maximum Gasteiger partial charge on any atom is 0.134 e. The molecule has 0 radical (unpaired) electrons. The quantitative estimate of drug-likeness (QED) is 0.846. The van der Waals surface area contributed by atoms with E-state index in [9.17, 15) is 0 Å². The van der Waals surface area contributed by atoms with E-state index in [4.69, 9.17) is 4.98 Å². The lowest BCUT2D eigenvalue weighted by molar-refractivity contribution is 0.599. The molecule has 1 aliphatic rings. The number of aromatic nitrogens is 2. The Kier molecular flexibility index (Phi) is 3.42. The van der Waals surface area contributed by atoms with Gasteiger partial charge in [0.05, 0.1) is 0 Å². The number of anilines is 1. The number of nitrogens with zero attached hydrogens (tertiary/aromatic N) is 2. The summed E-state index contributed by atoms with van der Waals surface area (Å²) in [6, 6.07) is 0. The lowest BCUT2D eigenvalue weighted by Gasteiger charge is -2.14. The van der Waals surface area contributed by atoms with E-state index >= 15 is 0 Å². The molecule has 0 aromatic carbocycles. The normalized spacial score (nSPS) is 14.2. The molecule has 2 rings (SSSR count). The van der Waals surface area contributed by atoms with E-state index in [2.05, 4.69) is 24.1 Å². The predicted octanol–water partition coefficient (Wildman–Crippen LogP) is 2.91. The van der Waals surface area contributed by atoms with Crippen molar-refractivity contribution in [3.8, 4) is 0 Å². The second-order valence-corrected chi connectivity index (χ2v) is 4.47. The van der Waals surface area contributed by atoms with Crippen molar-refractivity contribution in [2.45, 2.75) is 51.9 Å². The fourth-order valence-electron chi connectivity index (χ4n) is 2.49. The molecule has 3 nitrogen and oxygen atoms in total. The average Bonchev–Trinajstić information content (AvgIpc) is 2.77. The number of fused-ring (bicyclic) bond motifs is 1. The standard InChI is InChI=1S/C13H21N3/c1-4-9(5-2)12-15-11-8-6-7-10(11)13(14-3)16-12/h9H,4-8H2,1-3H3,(H,14,15,16). The van der Waals surface area contributed by atoms with E-state index in [1.807, 2.05) is 7.05 Å². The molecule has 0 bridgehead atoms. The van der Waals surface area contributed by atoms with Gasteiger partial charge in [-0.05, 0) is 32.1 Å². The fraction of sp³-hybridized carbons (Fsp3) is 0.692. The van der Waals surface area contributed by atoms with Gasteiger partial charge in [0.2, 0.25) is 0 Å². The van der Waals surface area contributed by atoms with Crippen molar-refractivity contribution >= 4 is 5.82 Å². The SMILES string of the molecule is CCC(CC)c1nc2c(c(NC)n1)CCC2. The molecule has 1 aliphatic carbocycles. The molecular formula is C13H21N3. The Hall–Kier alpha value is -1.12. The molecule has 0 saturated heterocycles. The van der Waals surface area contributed by atoms with Gasteiger partial charge in [-0.2, -0.15) is 0 Å². The molecule has 0 unspecified atom stereocenters. The molecule has 16 heavy (non-hydrogen) atoms. The van der Waals surface area contributed by atoms with Gasteiger partial charge in [-0.25, -0.2) is 9.97 Å². The Morgan fingerprint density at radius 3 is 2.56 bits per heavy atom. The smallest absolute Gasteiger partial charge is 0.134 e. The highest BCUT2D eigenvalue weighted by atomic mass is 15.0. The molecule has 0 spiro atoms. The minimum absolute atomic E-state index is 0.512. The summed E-state index contributed by atoms with van der Waals surface area (Å²) in [5, 5.41) is 3.22. The zero-order valence-corrected chi connectivity index (χ0v) is 10.5. The van der Waals surface area contributed by atoms with E-state index in [0.717, 1.165) is 37.3 Å². The third-order valence-corrected chi connectivity index (χ3v) is 3.54. The van der Waals surface area contributed by atoms with Gasteiger partial charge < -0.3 is 5.32 Å². The van der Waals surface area contributed by atoms with Gasteiger partial charge in [0.15, 0.2) is 0 Å². The minimum Gasteiger partial charge on any atom is -0.373 e. The van der Waals surface area contributed by atoms with Crippen LogP contribution in [0.15, 0.2) is 0 Å². The van der Waals surface area contributed by atoms with Crippen LogP contribution in [-0.2, 0) is 12.8 Å². The summed E-state index contributed by atoms with van der Waals surface area (Å²) < 4.78 is 0. The van der Waals surface area contributed by atoms with Gasteiger partial charge in [0, 0.05) is 24.2 Å². The van der Waals surface area contributed by atoms with E-state index < -0.39 is 0 Å². The van der Waals surface area contributed by atoms with Crippen molar-refractivity contribution in [1.82, 2.24) is 9.97 Å². The van der Waals surface area contributed by atoms with Crippen LogP contribution in [0.5, 0.6) is 0 Å². The summed E-state index contributed by atoms with van der Waals surface area (Å²) in [5.41, 5.74) is 2.62. The van der Waals surface area contributed by atoms with Crippen LogP contribution in [0.25, 0.3) is 0 Å². The van der Waals surface area contributed by atoms with Crippen LogP contribution in [0.4, 0.5) is 5.82 Å². The summed E-state index contributed by atoms with van der Waals surface area (Å²) in [6.07, 6.45) is 5.73. The first-order chi connectivity index (χ1) is 7.80. The number of hydrogen-bond donors (Lipinski definition) is 1. The Balaban J connectivity index is 2.41. The second-order valence-electron chi connectivity index (χ2n) is 4.47. The molecule has 1 aromatic heterocycles. The van der Waals surface area contributed by atoms with E-state index in [1.165, 1.54) is 17.7 Å². The van der Waals surface area contributed by atoms with Gasteiger partial charge in [0.25, 0.3) is 0 Å². The van der Waals surface area contributed by atoms with Crippen molar-refractivity contribution in [3.05, 3.63) is 17.1 Å². The maximum atomic E-state index is 4.75. The average molecular weight is 219 g/mol. The molecule has 0 atom stereocenters. The summed E-state index contributed by atoms with van der Waals surface area (Å²) >= 11 is 0. The van der Waals surface area contributed by atoms with Crippen LogP contribution in [0.2, 0.25) is 0 Å². The van der Waals surface area contributed by atoms with Crippen molar-refractivity contribution in [2.75, 3.05) is 12.4 Å². The molecule has 0 amide bonds. The number of aryl methyl sites for hydroxylation is 1. The first-order valence-electron chi connectivity index (χ1n) is 6.37. The summed E-state index contributed by atoms with van der Waals surface area (Å²) in [6.45, 7) is 4.42. The molecule has 0 saturated carbocycles. The molecule has 88 valence electrons. The number of rotatable bonds is 4. The second kappa shape index (κ2) is 4.81. The number of nitrogens with one attached hydrogen (secondary N) is 1. The highest BCUT2D eigenvalue weighted by Crippen LogP contribution is 2.29.